The van der Waals surface area contributed by atoms with Gasteiger partial charge in [0.2, 0.25) is 0 Å². The fraction of sp³-hybridized carbons (Fsp3) is 0.444. The van der Waals surface area contributed by atoms with Gasteiger partial charge in [0.1, 0.15) is 11.4 Å². The summed E-state index contributed by atoms with van der Waals surface area (Å²) in [4.78, 5) is 2.79. The lowest BCUT2D eigenvalue weighted by Crippen LogP contribution is -2.20. The minimum absolute atomic E-state index is 0.245. The highest BCUT2D eigenvalue weighted by atomic mass is 35.5. The number of nitrogens with zero attached hydrogens (tertiary/aromatic N) is 1. The number of hydrogen-bond donors (Lipinski definition) is 0. The Morgan fingerprint density at radius 1 is 1.15 bits per heavy atom. The molecule has 0 spiro atoms. The molecule has 1 heterocycles. The second-order valence-corrected chi connectivity index (χ2v) is 3.61. The van der Waals surface area contributed by atoms with Crippen molar-refractivity contribution in [2.75, 3.05) is 0 Å². The highest BCUT2D eigenvalue weighted by Gasteiger charge is 2.39. The Morgan fingerprint density at radius 2 is 1.70 bits per heavy atom. The van der Waals surface area contributed by atoms with Crippen LogP contribution in [-0.4, -0.2) is 11.3 Å². The summed E-state index contributed by atoms with van der Waals surface area (Å²) in [5.74, 6) is -2.61. The number of rotatable bonds is 3. The molecule has 20 heavy (non-hydrogen) atoms. The maximum atomic E-state index is 12.7. The molecule has 11 heteroatoms. The standard InChI is InChI=1S/C9H4ClF8NO/c10-2-3-6(7(11)12)4(20-9(16,17)18)1-5(19-3)8(13,14)15/h1,7H,2H2. The van der Waals surface area contributed by atoms with Gasteiger partial charge < -0.3 is 4.74 Å². The van der Waals surface area contributed by atoms with Crippen molar-refractivity contribution in [3.8, 4) is 5.75 Å². The SMILES string of the molecule is FC(F)c1c(OC(F)(F)F)cc(C(F)(F)F)nc1CCl. The van der Waals surface area contributed by atoms with E-state index in [4.69, 9.17) is 11.6 Å². The van der Waals surface area contributed by atoms with Gasteiger partial charge in [-0.15, -0.1) is 24.8 Å². The number of halogens is 9. The van der Waals surface area contributed by atoms with E-state index >= 15 is 0 Å². The number of alkyl halides is 9. The number of ether oxygens (including phenoxy) is 1. The van der Waals surface area contributed by atoms with Crippen LogP contribution in [0.4, 0.5) is 35.1 Å². The molecular formula is C9H4ClF8NO. The molecule has 0 unspecified atom stereocenters. The molecule has 0 N–H and O–H groups in total. The summed E-state index contributed by atoms with van der Waals surface area (Å²) in [7, 11) is 0. The molecule has 0 amide bonds. The summed E-state index contributed by atoms with van der Waals surface area (Å²) < 4.78 is 102. The molecular weight excluding hydrogens is 326 g/mol. The predicted molar refractivity (Wildman–Crippen MR) is 50.4 cm³/mol. The van der Waals surface area contributed by atoms with Crippen LogP contribution in [0.2, 0.25) is 0 Å². The molecule has 0 fully saturated rings. The van der Waals surface area contributed by atoms with Crippen LogP contribution in [0.3, 0.4) is 0 Å². The first-order chi connectivity index (χ1) is 8.95. The first kappa shape index (κ1) is 16.7. The summed E-state index contributed by atoms with van der Waals surface area (Å²) >= 11 is 5.14. The summed E-state index contributed by atoms with van der Waals surface area (Å²) in [6.07, 6.45) is -14.1. The van der Waals surface area contributed by atoms with Crippen molar-refractivity contribution in [3.63, 3.8) is 0 Å². The van der Waals surface area contributed by atoms with Gasteiger partial charge in [-0.1, -0.05) is 0 Å². The Hall–Kier alpha value is -1.32. The van der Waals surface area contributed by atoms with Crippen LogP contribution in [0.5, 0.6) is 5.75 Å². The molecule has 114 valence electrons. The van der Waals surface area contributed by atoms with E-state index < -0.39 is 47.5 Å². The van der Waals surface area contributed by atoms with E-state index in [-0.39, 0.29) is 6.07 Å². The highest BCUT2D eigenvalue weighted by Crippen LogP contribution is 2.39. The van der Waals surface area contributed by atoms with Gasteiger partial charge in [0.15, 0.2) is 0 Å². The van der Waals surface area contributed by atoms with E-state index in [1.807, 2.05) is 0 Å². The molecule has 0 saturated heterocycles. The normalized spacial score (nSPS) is 12.9. The highest BCUT2D eigenvalue weighted by molar-refractivity contribution is 6.17. The Morgan fingerprint density at radius 3 is 2.05 bits per heavy atom. The quantitative estimate of drug-likeness (QED) is 0.593. The van der Waals surface area contributed by atoms with Gasteiger partial charge in [-0.05, 0) is 0 Å². The van der Waals surface area contributed by atoms with Gasteiger partial charge in [0.05, 0.1) is 17.1 Å². The molecule has 0 aromatic carbocycles. The molecule has 1 aromatic rings. The van der Waals surface area contributed by atoms with Gasteiger partial charge in [-0.3, -0.25) is 0 Å². The van der Waals surface area contributed by atoms with E-state index in [9.17, 15) is 35.1 Å². The molecule has 0 aliphatic rings. The maximum Gasteiger partial charge on any atom is 0.573 e. The van der Waals surface area contributed by atoms with Crippen molar-refractivity contribution >= 4 is 11.6 Å². The van der Waals surface area contributed by atoms with Crippen molar-refractivity contribution in [2.45, 2.75) is 24.8 Å². The zero-order valence-electron chi connectivity index (χ0n) is 9.12. The van der Waals surface area contributed by atoms with Crippen molar-refractivity contribution < 1.29 is 39.9 Å². The van der Waals surface area contributed by atoms with E-state index in [1.165, 1.54) is 0 Å². The first-order valence-electron chi connectivity index (χ1n) is 4.66. The third-order valence-electron chi connectivity index (χ3n) is 1.96. The van der Waals surface area contributed by atoms with Crippen molar-refractivity contribution in [2.24, 2.45) is 0 Å². The summed E-state index contributed by atoms with van der Waals surface area (Å²) in [6, 6.07) is -0.245. The van der Waals surface area contributed by atoms with E-state index in [0.29, 0.717) is 0 Å². The van der Waals surface area contributed by atoms with Crippen LogP contribution in [0.15, 0.2) is 6.07 Å². The smallest absolute Gasteiger partial charge is 0.405 e. The van der Waals surface area contributed by atoms with Crippen LogP contribution in [-0.2, 0) is 12.1 Å². The van der Waals surface area contributed by atoms with Gasteiger partial charge >= 0.3 is 12.5 Å². The van der Waals surface area contributed by atoms with Crippen molar-refractivity contribution in [1.29, 1.82) is 0 Å². The molecule has 0 radical (unpaired) electrons. The Balaban J connectivity index is 3.50. The van der Waals surface area contributed by atoms with Crippen LogP contribution in [0.25, 0.3) is 0 Å². The van der Waals surface area contributed by atoms with Gasteiger partial charge in [0, 0.05) is 6.07 Å². The lowest BCUT2D eigenvalue weighted by Gasteiger charge is -2.17. The minimum atomic E-state index is -5.43. The maximum absolute atomic E-state index is 12.7. The van der Waals surface area contributed by atoms with Gasteiger partial charge in [0.25, 0.3) is 6.43 Å². The average molecular weight is 330 g/mol. The van der Waals surface area contributed by atoms with Crippen molar-refractivity contribution in [1.82, 2.24) is 4.98 Å². The molecule has 0 aliphatic carbocycles. The molecule has 0 saturated carbocycles. The lowest BCUT2D eigenvalue weighted by atomic mass is 10.1. The Kier molecular flexibility index (Phi) is 4.67. The van der Waals surface area contributed by atoms with E-state index in [0.717, 1.165) is 0 Å². The number of pyridine rings is 1. The summed E-state index contributed by atoms with van der Waals surface area (Å²) in [5.41, 5.74) is -4.27. The second-order valence-electron chi connectivity index (χ2n) is 3.35. The summed E-state index contributed by atoms with van der Waals surface area (Å²) in [6.45, 7) is 0. The fourth-order valence-electron chi connectivity index (χ4n) is 1.27. The van der Waals surface area contributed by atoms with Gasteiger partial charge in [-0.2, -0.15) is 13.2 Å². The molecule has 0 atom stereocenters. The predicted octanol–water partition coefficient (Wildman–Crippen LogP) is 4.68. The monoisotopic (exact) mass is 329 g/mol. The molecule has 1 rings (SSSR count). The molecule has 2 nitrogen and oxygen atoms in total. The first-order valence-corrected chi connectivity index (χ1v) is 5.20. The lowest BCUT2D eigenvalue weighted by molar-refractivity contribution is -0.275. The van der Waals surface area contributed by atoms with Crippen LogP contribution < -0.4 is 4.74 Å². The summed E-state index contributed by atoms with van der Waals surface area (Å²) in [5, 5.41) is 0. The third-order valence-corrected chi connectivity index (χ3v) is 2.21. The van der Waals surface area contributed by atoms with E-state index in [2.05, 4.69) is 9.72 Å². The van der Waals surface area contributed by atoms with Crippen LogP contribution in [0.1, 0.15) is 23.4 Å². The van der Waals surface area contributed by atoms with Crippen molar-refractivity contribution in [3.05, 3.63) is 23.0 Å². The molecule has 1 aromatic heterocycles. The second kappa shape index (κ2) is 5.58. The van der Waals surface area contributed by atoms with E-state index in [1.54, 1.807) is 0 Å². The number of aromatic nitrogens is 1. The van der Waals surface area contributed by atoms with Gasteiger partial charge in [-0.25, -0.2) is 13.8 Å². The molecule has 0 bridgehead atoms. The molecule has 0 aliphatic heterocycles. The zero-order valence-corrected chi connectivity index (χ0v) is 9.87. The number of hydrogen-bond acceptors (Lipinski definition) is 2. The van der Waals surface area contributed by atoms with Crippen LogP contribution in [0, 0.1) is 0 Å². The van der Waals surface area contributed by atoms with Crippen LogP contribution >= 0.6 is 11.6 Å². The third kappa shape index (κ3) is 4.09. The Bertz CT molecular complexity index is 484. The Labute approximate surface area is 111 Å². The zero-order chi connectivity index (χ0) is 15.7. The topological polar surface area (TPSA) is 22.1 Å². The fourth-order valence-corrected chi connectivity index (χ4v) is 1.48. The average Bonchev–Trinajstić information content (AvgIpc) is 2.23. The largest absolute Gasteiger partial charge is 0.573 e. The minimum Gasteiger partial charge on any atom is -0.405 e.